The first-order valence-corrected chi connectivity index (χ1v) is 12.3. The van der Waals surface area contributed by atoms with Crippen LogP contribution >= 0.6 is 0 Å². The van der Waals surface area contributed by atoms with Crippen LogP contribution in [0.1, 0.15) is 39.0 Å². The molecule has 8 heteroatoms. The van der Waals surface area contributed by atoms with Crippen LogP contribution in [0, 0.1) is 0 Å². The van der Waals surface area contributed by atoms with Gasteiger partial charge in [0.25, 0.3) is 5.91 Å². The van der Waals surface area contributed by atoms with E-state index in [9.17, 15) is 9.59 Å². The lowest BCUT2D eigenvalue weighted by molar-refractivity contribution is -0.123. The number of amides is 2. The molecule has 0 radical (unpaired) electrons. The first-order chi connectivity index (χ1) is 18.6. The van der Waals surface area contributed by atoms with E-state index in [1.165, 1.54) is 0 Å². The van der Waals surface area contributed by atoms with E-state index in [2.05, 4.69) is 10.3 Å². The van der Waals surface area contributed by atoms with Gasteiger partial charge in [0.05, 0.1) is 19.1 Å². The number of aromatic nitrogens is 1. The van der Waals surface area contributed by atoms with Crippen molar-refractivity contribution in [2.24, 2.45) is 0 Å². The van der Waals surface area contributed by atoms with Gasteiger partial charge in [-0.15, -0.1) is 0 Å². The lowest BCUT2D eigenvalue weighted by Crippen LogP contribution is -2.47. The molecule has 38 heavy (non-hydrogen) atoms. The van der Waals surface area contributed by atoms with Crippen LogP contribution in [0.25, 0.3) is 0 Å². The van der Waals surface area contributed by atoms with Crippen molar-refractivity contribution >= 4 is 17.5 Å². The molecule has 2 unspecified atom stereocenters. The average Bonchev–Trinajstić information content (AvgIpc) is 3.44. The highest BCUT2D eigenvalue weighted by atomic mass is 16.7. The van der Waals surface area contributed by atoms with Crippen LogP contribution in [0.15, 0.2) is 91.3 Å². The van der Waals surface area contributed by atoms with Gasteiger partial charge in [-0.2, -0.15) is 0 Å². The maximum absolute atomic E-state index is 14.1. The Balaban J connectivity index is 1.48. The number of rotatable bonds is 6. The molecule has 1 aromatic heterocycles. The summed E-state index contributed by atoms with van der Waals surface area (Å²) in [5, 5.41) is 3.09. The Bertz CT molecular complexity index is 1490. The molecule has 2 amide bonds. The molecule has 2 atom stereocenters. The molecule has 4 aromatic rings. The zero-order chi connectivity index (χ0) is 26.1. The third-order valence-electron chi connectivity index (χ3n) is 6.93. The summed E-state index contributed by atoms with van der Waals surface area (Å²) in [7, 11) is 1.60. The molecule has 190 valence electrons. The molecule has 2 aliphatic rings. The van der Waals surface area contributed by atoms with Gasteiger partial charge in [0.2, 0.25) is 12.7 Å². The summed E-state index contributed by atoms with van der Waals surface area (Å²) in [6, 6.07) is 23.3. The molecule has 0 bridgehead atoms. The van der Waals surface area contributed by atoms with E-state index >= 15 is 0 Å². The summed E-state index contributed by atoms with van der Waals surface area (Å²) in [6.07, 6.45) is 3.38. The van der Waals surface area contributed by atoms with E-state index in [-0.39, 0.29) is 18.6 Å². The standard InChI is InChI=1S/C30H25N3O5/c1-36-22-9-6-20(7-10-22)28-27(29(34)32-17-19-12-14-31-15-13-19)23-4-2-3-5-24(23)30(35)33(28)21-8-11-25-26(16-21)38-18-37-25/h2-16,27-28H,17-18H2,1H3,(H,32,34). The van der Waals surface area contributed by atoms with E-state index in [0.29, 0.717) is 40.6 Å². The molecule has 8 nitrogen and oxygen atoms in total. The molecular weight excluding hydrogens is 482 g/mol. The van der Waals surface area contributed by atoms with Crippen molar-refractivity contribution in [2.45, 2.75) is 18.5 Å². The number of carbonyl (C=O) groups excluding carboxylic acids is 2. The number of ether oxygens (including phenoxy) is 3. The molecule has 3 aromatic carbocycles. The Hall–Kier alpha value is -4.85. The highest BCUT2D eigenvalue weighted by Crippen LogP contribution is 2.47. The summed E-state index contributed by atoms with van der Waals surface area (Å²) in [6.45, 7) is 0.463. The van der Waals surface area contributed by atoms with Crippen LogP contribution in [0.4, 0.5) is 5.69 Å². The van der Waals surface area contributed by atoms with Gasteiger partial charge in [-0.25, -0.2) is 0 Å². The topological polar surface area (TPSA) is 90.0 Å². The second-order valence-electron chi connectivity index (χ2n) is 9.07. The second kappa shape index (κ2) is 9.89. The highest BCUT2D eigenvalue weighted by molar-refractivity contribution is 6.11. The number of fused-ring (bicyclic) bond motifs is 2. The fourth-order valence-corrected chi connectivity index (χ4v) is 5.08. The molecule has 0 aliphatic carbocycles. The zero-order valence-corrected chi connectivity index (χ0v) is 20.7. The van der Waals surface area contributed by atoms with E-state index in [0.717, 1.165) is 11.1 Å². The Morgan fingerprint density at radius 1 is 1.00 bits per heavy atom. The van der Waals surface area contributed by atoms with Crippen LogP contribution in [-0.2, 0) is 11.3 Å². The van der Waals surface area contributed by atoms with Gasteiger partial charge in [-0.05, 0) is 59.2 Å². The summed E-state index contributed by atoms with van der Waals surface area (Å²) in [4.78, 5) is 33.8. The minimum Gasteiger partial charge on any atom is -0.497 e. The second-order valence-corrected chi connectivity index (χ2v) is 9.07. The summed E-state index contributed by atoms with van der Waals surface area (Å²) >= 11 is 0. The lowest BCUT2D eigenvalue weighted by atomic mass is 9.78. The number of nitrogens with zero attached hydrogens (tertiary/aromatic N) is 2. The van der Waals surface area contributed by atoms with Crippen molar-refractivity contribution in [3.8, 4) is 17.2 Å². The summed E-state index contributed by atoms with van der Waals surface area (Å²) in [5.41, 5.74) is 3.51. The number of anilines is 1. The van der Waals surface area contributed by atoms with Gasteiger partial charge in [0, 0.05) is 36.3 Å². The van der Waals surface area contributed by atoms with Crippen LogP contribution in [0.3, 0.4) is 0 Å². The summed E-state index contributed by atoms with van der Waals surface area (Å²) < 4.78 is 16.5. The fraction of sp³-hybridized carbons (Fsp3) is 0.167. The molecule has 0 fully saturated rings. The monoisotopic (exact) mass is 507 g/mol. The first kappa shape index (κ1) is 23.5. The average molecular weight is 508 g/mol. The van der Waals surface area contributed by atoms with Crippen molar-refractivity contribution in [3.63, 3.8) is 0 Å². The van der Waals surface area contributed by atoms with Crippen LogP contribution in [0.2, 0.25) is 0 Å². The van der Waals surface area contributed by atoms with Gasteiger partial charge in [-0.3, -0.25) is 19.5 Å². The Morgan fingerprint density at radius 3 is 2.55 bits per heavy atom. The molecule has 6 rings (SSSR count). The Labute approximate surface area is 219 Å². The van der Waals surface area contributed by atoms with E-state index < -0.39 is 12.0 Å². The Morgan fingerprint density at radius 2 is 1.76 bits per heavy atom. The highest BCUT2D eigenvalue weighted by Gasteiger charge is 2.45. The predicted molar refractivity (Wildman–Crippen MR) is 140 cm³/mol. The smallest absolute Gasteiger partial charge is 0.259 e. The van der Waals surface area contributed by atoms with E-state index in [4.69, 9.17) is 14.2 Å². The minimum atomic E-state index is -0.676. The number of pyridine rings is 1. The molecule has 0 spiro atoms. The molecule has 1 N–H and O–H groups in total. The van der Waals surface area contributed by atoms with Crippen molar-refractivity contribution < 1.29 is 23.8 Å². The van der Waals surface area contributed by atoms with Crippen LogP contribution in [0.5, 0.6) is 17.2 Å². The quantitative estimate of drug-likeness (QED) is 0.410. The largest absolute Gasteiger partial charge is 0.497 e. The van der Waals surface area contributed by atoms with E-state index in [1.54, 1.807) is 42.6 Å². The van der Waals surface area contributed by atoms with Crippen LogP contribution in [-0.4, -0.2) is 30.7 Å². The van der Waals surface area contributed by atoms with Crippen molar-refractivity contribution in [2.75, 3.05) is 18.8 Å². The predicted octanol–water partition coefficient (Wildman–Crippen LogP) is 4.62. The third kappa shape index (κ3) is 4.20. The zero-order valence-electron chi connectivity index (χ0n) is 20.7. The lowest BCUT2D eigenvalue weighted by Gasteiger charge is -2.42. The van der Waals surface area contributed by atoms with Crippen molar-refractivity contribution in [1.82, 2.24) is 10.3 Å². The number of hydrogen-bond acceptors (Lipinski definition) is 6. The van der Waals surface area contributed by atoms with Crippen molar-refractivity contribution in [3.05, 3.63) is 114 Å². The van der Waals surface area contributed by atoms with E-state index in [1.807, 2.05) is 60.7 Å². The molecule has 2 aliphatic heterocycles. The number of nitrogens with one attached hydrogen (secondary N) is 1. The molecular formula is C30H25N3O5. The maximum atomic E-state index is 14.1. The molecule has 0 saturated heterocycles. The minimum absolute atomic E-state index is 0.123. The molecule has 3 heterocycles. The maximum Gasteiger partial charge on any atom is 0.259 e. The van der Waals surface area contributed by atoms with Gasteiger partial charge in [0.1, 0.15) is 5.75 Å². The van der Waals surface area contributed by atoms with Gasteiger partial charge >= 0.3 is 0 Å². The van der Waals surface area contributed by atoms with Gasteiger partial charge < -0.3 is 19.5 Å². The third-order valence-corrected chi connectivity index (χ3v) is 6.93. The summed E-state index contributed by atoms with van der Waals surface area (Å²) in [5.74, 6) is 0.800. The van der Waals surface area contributed by atoms with Gasteiger partial charge in [0.15, 0.2) is 11.5 Å². The van der Waals surface area contributed by atoms with Crippen molar-refractivity contribution in [1.29, 1.82) is 0 Å². The van der Waals surface area contributed by atoms with Gasteiger partial charge in [-0.1, -0.05) is 30.3 Å². The fourth-order valence-electron chi connectivity index (χ4n) is 5.08. The SMILES string of the molecule is COc1ccc(C2C(C(=O)NCc3ccncc3)c3ccccc3C(=O)N2c2ccc3c(c2)OCO3)cc1. The Kier molecular flexibility index (Phi) is 6.13. The number of benzene rings is 3. The van der Waals surface area contributed by atoms with Crippen LogP contribution < -0.4 is 24.4 Å². The number of carbonyl (C=O) groups is 2. The number of methoxy groups -OCH3 is 1. The molecule has 0 saturated carbocycles. The normalized spacial score (nSPS) is 17.6. The number of hydrogen-bond donors (Lipinski definition) is 1. The first-order valence-electron chi connectivity index (χ1n) is 12.3.